The Kier molecular flexibility index (Phi) is 6.79. The molecule has 4 rings (SSSR count). The third-order valence-electron chi connectivity index (χ3n) is 5.52. The molecule has 170 valence electrons. The van der Waals surface area contributed by atoms with Crippen LogP contribution >= 0.6 is 27.5 Å². The topological polar surface area (TPSA) is 102 Å². The van der Waals surface area contributed by atoms with Gasteiger partial charge in [0.2, 0.25) is 0 Å². The maximum absolute atomic E-state index is 11.3. The fourth-order valence-electron chi connectivity index (χ4n) is 3.70. The molecule has 3 aromatic rings. The molecule has 0 bridgehead atoms. The predicted octanol–water partition coefficient (Wildman–Crippen LogP) is 3.41. The summed E-state index contributed by atoms with van der Waals surface area (Å²) in [5.74, 6) is 0.982. The second kappa shape index (κ2) is 9.57. The van der Waals surface area contributed by atoms with E-state index in [0.717, 1.165) is 44.7 Å². The van der Waals surface area contributed by atoms with Crippen LogP contribution in [0.5, 0.6) is 5.75 Å². The summed E-state index contributed by atoms with van der Waals surface area (Å²) in [4.78, 5) is 19.8. The van der Waals surface area contributed by atoms with Crippen LogP contribution in [0.25, 0.3) is 16.6 Å². The van der Waals surface area contributed by atoms with Gasteiger partial charge < -0.3 is 15.0 Å². The summed E-state index contributed by atoms with van der Waals surface area (Å²) in [6, 6.07) is 4.70. The third-order valence-corrected chi connectivity index (χ3v) is 6.36. The number of aromatic nitrogens is 3. The van der Waals surface area contributed by atoms with Crippen molar-refractivity contribution in [1.29, 1.82) is 0 Å². The van der Waals surface area contributed by atoms with Crippen LogP contribution < -0.4 is 10.1 Å². The number of piperazine rings is 1. The number of nitro groups is 1. The maximum atomic E-state index is 11.3. The number of nitrogens with one attached hydrogen (secondary N) is 1. The average Bonchev–Trinajstić information content (AvgIpc) is 3.12. The van der Waals surface area contributed by atoms with Gasteiger partial charge in [0.1, 0.15) is 10.8 Å². The molecular weight excluding hydrogens is 502 g/mol. The molecule has 1 aliphatic heterocycles. The van der Waals surface area contributed by atoms with E-state index in [4.69, 9.17) is 21.4 Å². The number of benzene rings is 1. The quantitative estimate of drug-likeness (QED) is 0.285. The molecule has 0 amide bonds. The van der Waals surface area contributed by atoms with Gasteiger partial charge in [-0.2, -0.15) is 0 Å². The van der Waals surface area contributed by atoms with Crippen LogP contribution in [0.2, 0.25) is 5.15 Å². The maximum Gasteiger partial charge on any atom is 0.287 e. The standard InChI is InChI=1S/C20H23BrClN7O3/c1-26-5-7-27(8-6-26)4-3-23-20-13-12-24-19(22)11-15(13)28(25-20)17-9-14(21)16(29(30)31)10-18(17)32-2/h9-12H,3-8H2,1-2H3,(H,23,25). The minimum atomic E-state index is -0.469. The predicted molar refractivity (Wildman–Crippen MR) is 127 cm³/mol. The van der Waals surface area contributed by atoms with E-state index < -0.39 is 4.92 Å². The van der Waals surface area contributed by atoms with E-state index in [1.165, 1.54) is 13.2 Å². The molecule has 0 atom stereocenters. The zero-order valence-corrected chi connectivity index (χ0v) is 20.1. The molecule has 1 saturated heterocycles. The van der Waals surface area contributed by atoms with E-state index in [9.17, 15) is 10.1 Å². The van der Waals surface area contributed by atoms with Gasteiger partial charge in [0, 0.05) is 51.5 Å². The minimum absolute atomic E-state index is 0.0905. The molecule has 32 heavy (non-hydrogen) atoms. The van der Waals surface area contributed by atoms with Crippen molar-refractivity contribution in [3.8, 4) is 11.4 Å². The highest BCUT2D eigenvalue weighted by Gasteiger charge is 2.22. The van der Waals surface area contributed by atoms with Crippen LogP contribution in [0, 0.1) is 10.1 Å². The van der Waals surface area contributed by atoms with E-state index in [1.807, 2.05) is 0 Å². The van der Waals surface area contributed by atoms with Gasteiger partial charge in [-0.05, 0) is 29.0 Å². The van der Waals surface area contributed by atoms with Crippen molar-refractivity contribution in [2.24, 2.45) is 0 Å². The molecule has 3 heterocycles. The van der Waals surface area contributed by atoms with E-state index >= 15 is 0 Å². The lowest BCUT2D eigenvalue weighted by Crippen LogP contribution is -2.45. The fraction of sp³-hybridized carbons (Fsp3) is 0.400. The van der Waals surface area contributed by atoms with E-state index in [1.54, 1.807) is 23.0 Å². The lowest BCUT2D eigenvalue weighted by molar-refractivity contribution is -0.385. The van der Waals surface area contributed by atoms with Crippen LogP contribution in [0.4, 0.5) is 11.5 Å². The van der Waals surface area contributed by atoms with Gasteiger partial charge in [0.05, 0.1) is 33.5 Å². The Morgan fingerprint density at radius 2 is 2.03 bits per heavy atom. The second-order valence-electron chi connectivity index (χ2n) is 7.59. The van der Waals surface area contributed by atoms with Crippen LogP contribution in [0.15, 0.2) is 28.9 Å². The highest BCUT2D eigenvalue weighted by Crippen LogP contribution is 2.37. The Morgan fingerprint density at radius 1 is 1.28 bits per heavy atom. The van der Waals surface area contributed by atoms with Crippen molar-refractivity contribution in [2.45, 2.75) is 0 Å². The Morgan fingerprint density at radius 3 is 2.72 bits per heavy atom. The molecule has 0 radical (unpaired) electrons. The van der Waals surface area contributed by atoms with Gasteiger partial charge in [-0.3, -0.25) is 15.0 Å². The summed E-state index contributed by atoms with van der Waals surface area (Å²) < 4.78 is 7.42. The first-order chi connectivity index (χ1) is 15.4. The highest BCUT2D eigenvalue weighted by atomic mass is 79.9. The lowest BCUT2D eigenvalue weighted by atomic mass is 10.2. The molecule has 1 aromatic carbocycles. The number of nitrogens with zero attached hydrogens (tertiary/aromatic N) is 6. The molecule has 10 nitrogen and oxygen atoms in total. The molecule has 1 aliphatic rings. The molecule has 1 N–H and O–H groups in total. The summed E-state index contributed by atoms with van der Waals surface area (Å²) >= 11 is 9.45. The first kappa shape index (κ1) is 22.7. The van der Waals surface area contributed by atoms with Crippen molar-refractivity contribution < 1.29 is 9.66 Å². The molecule has 0 unspecified atom stereocenters. The molecule has 0 aliphatic carbocycles. The Labute approximate surface area is 198 Å². The van der Waals surface area contributed by atoms with Gasteiger partial charge in [-0.1, -0.05) is 11.6 Å². The van der Waals surface area contributed by atoms with E-state index in [2.05, 4.69) is 43.1 Å². The van der Waals surface area contributed by atoms with Crippen molar-refractivity contribution in [1.82, 2.24) is 24.6 Å². The summed E-state index contributed by atoms with van der Waals surface area (Å²) in [7, 11) is 3.60. The third kappa shape index (κ3) is 4.65. The second-order valence-corrected chi connectivity index (χ2v) is 8.83. The van der Waals surface area contributed by atoms with Gasteiger partial charge in [0.15, 0.2) is 11.6 Å². The van der Waals surface area contributed by atoms with Crippen LogP contribution in [-0.2, 0) is 0 Å². The fourth-order valence-corrected chi connectivity index (χ4v) is 4.33. The number of halogens is 2. The van der Waals surface area contributed by atoms with Crippen LogP contribution in [-0.4, -0.2) is 82.9 Å². The lowest BCUT2D eigenvalue weighted by Gasteiger charge is -2.32. The Bertz CT molecular complexity index is 1150. The minimum Gasteiger partial charge on any atom is -0.494 e. The van der Waals surface area contributed by atoms with Gasteiger partial charge >= 0.3 is 0 Å². The first-order valence-electron chi connectivity index (χ1n) is 10.1. The van der Waals surface area contributed by atoms with Gasteiger partial charge in [-0.25, -0.2) is 9.67 Å². The number of methoxy groups -OCH3 is 1. The Hall–Kier alpha value is -2.47. The van der Waals surface area contributed by atoms with E-state index in [0.29, 0.717) is 32.4 Å². The van der Waals surface area contributed by atoms with Crippen LogP contribution in [0.3, 0.4) is 0 Å². The zero-order valence-electron chi connectivity index (χ0n) is 17.7. The molecule has 0 spiro atoms. The number of likely N-dealkylation sites (N-methyl/N-ethyl adjacent to an activating group) is 1. The Balaban J connectivity index is 1.66. The molecular formula is C20H23BrClN7O3. The van der Waals surface area contributed by atoms with Crippen molar-refractivity contribution in [3.05, 3.63) is 44.1 Å². The summed E-state index contributed by atoms with van der Waals surface area (Å²) in [5.41, 5.74) is 1.17. The normalized spacial score (nSPS) is 15.2. The average molecular weight is 525 g/mol. The number of pyridine rings is 1. The van der Waals surface area contributed by atoms with Crippen LogP contribution in [0.1, 0.15) is 0 Å². The summed E-state index contributed by atoms with van der Waals surface area (Å²) in [6.45, 7) is 5.83. The molecule has 0 saturated carbocycles. The van der Waals surface area contributed by atoms with Crippen molar-refractivity contribution in [2.75, 3.05) is 58.7 Å². The smallest absolute Gasteiger partial charge is 0.287 e. The van der Waals surface area contributed by atoms with Gasteiger partial charge in [-0.15, -0.1) is 5.10 Å². The summed E-state index contributed by atoms with van der Waals surface area (Å²) in [5, 5.41) is 20.6. The van der Waals surface area contributed by atoms with Crippen molar-refractivity contribution in [3.63, 3.8) is 0 Å². The first-order valence-corrected chi connectivity index (χ1v) is 11.3. The number of hydrogen-bond acceptors (Lipinski definition) is 8. The van der Waals surface area contributed by atoms with E-state index in [-0.39, 0.29) is 5.69 Å². The largest absolute Gasteiger partial charge is 0.494 e. The molecule has 2 aromatic heterocycles. The SMILES string of the molecule is COc1cc([N+](=O)[O-])c(Br)cc1-n1nc(NCCN2CCN(C)CC2)c2cnc(Cl)cc21. The molecule has 1 fully saturated rings. The number of rotatable bonds is 7. The number of ether oxygens (including phenoxy) is 1. The number of nitro benzene ring substituents is 1. The zero-order chi connectivity index (χ0) is 22.8. The van der Waals surface area contributed by atoms with Gasteiger partial charge in [0.25, 0.3) is 5.69 Å². The number of fused-ring (bicyclic) bond motifs is 1. The van der Waals surface area contributed by atoms with Crippen molar-refractivity contribution >= 4 is 49.9 Å². The number of anilines is 1. The summed E-state index contributed by atoms with van der Waals surface area (Å²) in [6.07, 6.45) is 1.67. The monoisotopic (exact) mass is 523 g/mol. The number of hydrogen-bond donors (Lipinski definition) is 1. The highest BCUT2D eigenvalue weighted by molar-refractivity contribution is 9.10. The molecule has 12 heteroatoms.